The maximum Gasteiger partial charge on any atom is 0.102 e. The summed E-state index contributed by atoms with van der Waals surface area (Å²) in [5.74, 6) is 0. The van der Waals surface area contributed by atoms with E-state index in [1.54, 1.807) is 6.08 Å². The van der Waals surface area contributed by atoms with Crippen molar-refractivity contribution in [2.45, 2.75) is 39.0 Å². The first-order chi connectivity index (χ1) is 4.91. The van der Waals surface area contributed by atoms with Gasteiger partial charge in [-0.05, 0) is 12.8 Å². The Labute approximate surface area is 63.8 Å². The molecule has 0 rings (SSSR count). The lowest BCUT2D eigenvalue weighted by atomic mass is 10.1. The number of aliphatic hydroxyl groups excluding tert-OH is 1. The van der Waals surface area contributed by atoms with Crippen LogP contribution in [0.4, 0.5) is 0 Å². The largest absolute Gasteiger partial charge is 0.386 e. The predicted octanol–water partition coefficient (Wildman–Crippen LogP) is 3.05. The molecule has 0 atom stereocenters. The van der Waals surface area contributed by atoms with Crippen molar-refractivity contribution < 1.29 is 5.11 Å². The Kier molecular flexibility index (Phi) is 8.44. The van der Waals surface area contributed by atoms with Crippen LogP contribution in [0, 0.1) is 6.61 Å². The van der Waals surface area contributed by atoms with E-state index in [2.05, 4.69) is 6.92 Å². The minimum atomic E-state index is 1.08. The van der Waals surface area contributed by atoms with Crippen LogP contribution < -0.4 is 0 Å². The van der Waals surface area contributed by atoms with E-state index in [9.17, 15) is 0 Å². The van der Waals surface area contributed by atoms with Gasteiger partial charge >= 0.3 is 0 Å². The van der Waals surface area contributed by atoms with E-state index in [1.807, 2.05) is 6.08 Å². The van der Waals surface area contributed by atoms with Gasteiger partial charge in [-0.15, -0.1) is 0 Å². The van der Waals surface area contributed by atoms with Gasteiger partial charge in [0.15, 0.2) is 0 Å². The number of aliphatic hydroxyl groups is 1. The molecule has 0 aromatic heterocycles. The van der Waals surface area contributed by atoms with Crippen molar-refractivity contribution in [1.29, 1.82) is 0 Å². The fourth-order valence-corrected chi connectivity index (χ4v) is 0.846. The molecule has 0 aromatic rings. The smallest absolute Gasteiger partial charge is 0.102 e. The van der Waals surface area contributed by atoms with Gasteiger partial charge in [-0.2, -0.15) is 0 Å². The van der Waals surface area contributed by atoms with Gasteiger partial charge in [-0.25, -0.2) is 0 Å². The molecule has 0 fully saturated rings. The third kappa shape index (κ3) is 7.70. The summed E-state index contributed by atoms with van der Waals surface area (Å²) < 4.78 is 0. The highest BCUT2D eigenvalue weighted by Gasteiger charge is 1.83. The standard InChI is InChI=1S/C9H17O/c1-2-3-4-5-6-7-8-9-10/h7-10H,2-6H2,1H3/b8-7+. The lowest BCUT2D eigenvalue weighted by Crippen LogP contribution is -1.73. The van der Waals surface area contributed by atoms with Crippen LogP contribution in [0.3, 0.4) is 0 Å². The second-order valence-electron chi connectivity index (χ2n) is 2.43. The molecule has 0 heterocycles. The van der Waals surface area contributed by atoms with Crippen LogP contribution in [0.5, 0.6) is 0 Å². The van der Waals surface area contributed by atoms with E-state index < -0.39 is 0 Å². The van der Waals surface area contributed by atoms with Crippen molar-refractivity contribution in [3.63, 3.8) is 0 Å². The zero-order valence-corrected chi connectivity index (χ0v) is 6.71. The maximum atomic E-state index is 8.26. The lowest BCUT2D eigenvalue weighted by Gasteiger charge is -1.92. The third-order valence-corrected chi connectivity index (χ3v) is 1.45. The Balaban J connectivity index is 2.83. The molecule has 1 N–H and O–H groups in total. The third-order valence-electron chi connectivity index (χ3n) is 1.45. The summed E-state index contributed by atoms with van der Waals surface area (Å²) in [6.45, 7) is 3.29. The van der Waals surface area contributed by atoms with E-state index in [0.717, 1.165) is 13.0 Å². The van der Waals surface area contributed by atoms with E-state index in [1.165, 1.54) is 25.7 Å². The summed E-state index contributed by atoms with van der Waals surface area (Å²) in [5.41, 5.74) is 0. The summed E-state index contributed by atoms with van der Waals surface area (Å²) >= 11 is 0. The van der Waals surface area contributed by atoms with Gasteiger partial charge < -0.3 is 5.11 Å². The highest BCUT2D eigenvalue weighted by Crippen LogP contribution is 2.02. The van der Waals surface area contributed by atoms with Gasteiger partial charge in [0.1, 0.15) is 6.61 Å². The molecule has 10 heavy (non-hydrogen) atoms. The Morgan fingerprint density at radius 3 is 2.60 bits per heavy atom. The minimum absolute atomic E-state index is 1.08. The van der Waals surface area contributed by atoms with E-state index >= 15 is 0 Å². The number of hydrogen-bond donors (Lipinski definition) is 1. The molecular weight excluding hydrogens is 124 g/mol. The molecule has 0 aliphatic carbocycles. The van der Waals surface area contributed by atoms with Crippen LogP contribution in [-0.2, 0) is 0 Å². The number of unbranched alkanes of at least 4 members (excludes halogenated alkanes) is 4. The van der Waals surface area contributed by atoms with Crippen molar-refractivity contribution in [2.24, 2.45) is 0 Å². The average Bonchev–Trinajstić information content (AvgIpc) is 1.97. The molecule has 0 spiro atoms. The molecule has 0 amide bonds. The Morgan fingerprint density at radius 1 is 1.20 bits per heavy atom. The topological polar surface area (TPSA) is 20.2 Å². The summed E-state index contributed by atoms with van der Waals surface area (Å²) in [4.78, 5) is 0. The van der Waals surface area contributed by atoms with Crippen molar-refractivity contribution in [1.82, 2.24) is 0 Å². The van der Waals surface area contributed by atoms with Gasteiger partial charge in [0.2, 0.25) is 0 Å². The van der Waals surface area contributed by atoms with Crippen LogP contribution in [0.1, 0.15) is 39.0 Å². The summed E-state index contributed by atoms with van der Waals surface area (Å²) in [7, 11) is 0. The summed E-state index contributed by atoms with van der Waals surface area (Å²) in [6, 6.07) is 0. The van der Waals surface area contributed by atoms with Gasteiger partial charge in [0.05, 0.1) is 0 Å². The van der Waals surface area contributed by atoms with Crippen LogP contribution in [-0.4, -0.2) is 5.11 Å². The number of hydrogen-bond acceptors (Lipinski definition) is 1. The highest BCUT2D eigenvalue weighted by molar-refractivity contribution is 4.87. The van der Waals surface area contributed by atoms with E-state index in [0.29, 0.717) is 0 Å². The first kappa shape index (κ1) is 9.70. The lowest BCUT2D eigenvalue weighted by molar-refractivity contribution is 0.420. The molecule has 0 aromatic carbocycles. The quantitative estimate of drug-likeness (QED) is 0.564. The molecule has 0 unspecified atom stereocenters. The van der Waals surface area contributed by atoms with Crippen molar-refractivity contribution >= 4 is 0 Å². The molecule has 1 nitrogen and oxygen atoms in total. The highest BCUT2D eigenvalue weighted by atomic mass is 16.2. The molecule has 0 bridgehead atoms. The molecule has 0 aliphatic rings. The second-order valence-corrected chi connectivity index (χ2v) is 2.43. The minimum Gasteiger partial charge on any atom is -0.386 e. The van der Waals surface area contributed by atoms with Crippen LogP contribution in [0.15, 0.2) is 12.2 Å². The maximum absolute atomic E-state index is 8.26. The predicted molar refractivity (Wildman–Crippen MR) is 44.1 cm³/mol. The summed E-state index contributed by atoms with van der Waals surface area (Å²) in [6.07, 6.45) is 9.95. The van der Waals surface area contributed by atoms with Crippen LogP contribution in [0.25, 0.3) is 0 Å². The first-order valence-electron chi connectivity index (χ1n) is 4.04. The normalized spacial score (nSPS) is 11.0. The van der Waals surface area contributed by atoms with Gasteiger partial charge in [-0.1, -0.05) is 38.3 Å². The van der Waals surface area contributed by atoms with Gasteiger partial charge in [-0.3, -0.25) is 0 Å². The molecule has 0 saturated carbocycles. The fourth-order valence-electron chi connectivity index (χ4n) is 0.846. The van der Waals surface area contributed by atoms with Crippen LogP contribution >= 0.6 is 0 Å². The Hall–Kier alpha value is -0.300. The number of rotatable bonds is 6. The average molecular weight is 141 g/mol. The van der Waals surface area contributed by atoms with Gasteiger partial charge in [0, 0.05) is 0 Å². The van der Waals surface area contributed by atoms with Gasteiger partial charge in [0.25, 0.3) is 0 Å². The van der Waals surface area contributed by atoms with E-state index in [4.69, 9.17) is 5.11 Å². The van der Waals surface area contributed by atoms with Crippen molar-refractivity contribution in [2.75, 3.05) is 0 Å². The molecular formula is C9H17O. The molecule has 0 saturated heterocycles. The molecule has 1 radical (unpaired) electrons. The SMILES string of the molecule is CCCCCC/C=C/[CH]O. The molecule has 1 heteroatoms. The monoisotopic (exact) mass is 141 g/mol. The van der Waals surface area contributed by atoms with E-state index in [-0.39, 0.29) is 0 Å². The molecule has 0 aliphatic heterocycles. The van der Waals surface area contributed by atoms with Crippen molar-refractivity contribution in [3.05, 3.63) is 18.8 Å². The molecule has 59 valence electrons. The fraction of sp³-hybridized carbons (Fsp3) is 0.667. The zero-order chi connectivity index (χ0) is 7.66. The second kappa shape index (κ2) is 8.70. The Morgan fingerprint density at radius 2 is 2.00 bits per heavy atom. The first-order valence-corrected chi connectivity index (χ1v) is 4.04. The summed E-state index contributed by atoms with van der Waals surface area (Å²) in [5, 5.41) is 8.26. The Bertz CT molecular complexity index is 76.8. The van der Waals surface area contributed by atoms with Crippen LogP contribution in [0.2, 0.25) is 0 Å². The zero-order valence-electron chi connectivity index (χ0n) is 6.71. The van der Waals surface area contributed by atoms with Crippen molar-refractivity contribution in [3.8, 4) is 0 Å². The number of allylic oxidation sites excluding steroid dienone is 1.